The van der Waals surface area contributed by atoms with E-state index in [1.807, 2.05) is 24.3 Å². The molecule has 2 aromatic carbocycles. The van der Waals surface area contributed by atoms with Gasteiger partial charge in [-0.15, -0.1) is 0 Å². The summed E-state index contributed by atoms with van der Waals surface area (Å²) in [6.45, 7) is 3.62. The number of hydrogen-bond donors (Lipinski definition) is 2. The Morgan fingerprint density at radius 3 is 2.46 bits per heavy atom. The Bertz CT molecular complexity index is 846. The van der Waals surface area contributed by atoms with Gasteiger partial charge in [0.25, 0.3) is 0 Å². The van der Waals surface area contributed by atoms with Crippen molar-refractivity contribution in [2.75, 3.05) is 36.4 Å². The van der Waals surface area contributed by atoms with Gasteiger partial charge in [0.15, 0.2) is 0 Å². The maximum atomic E-state index is 11.5. The summed E-state index contributed by atoms with van der Waals surface area (Å²) in [6, 6.07) is 13.2. The lowest BCUT2D eigenvalue weighted by Crippen LogP contribution is -2.43. The van der Waals surface area contributed by atoms with E-state index in [9.17, 15) is 9.59 Å². The topological polar surface area (TPSA) is 72.9 Å². The third kappa shape index (κ3) is 3.54. The van der Waals surface area contributed by atoms with Crippen LogP contribution in [0, 0.1) is 0 Å². The van der Waals surface area contributed by atoms with E-state index < -0.39 is 5.97 Å². The Balaban J connectivity index is 1.34. The van der Waals surface area contributed by atoms with E-state index in [0.29, 0.717) is 12.0 Å². The summed E-state index contributed by atoms with van der Waals surface area (Å²) in [5.41, 5.74) is 3.36. The monoisotopic (exact) mass is 369 g/mol. The number of carboxylic acid groups (broad SMARTS) is 1. The lowest BCUT2D eigenvalue weighted by Gasteiger charge is -2.35. The van der Waals surface area contributed by atoms with Crippen LogP contribution in [0.1, 0.15) is 15.9 Å². The summed E-state index contributed by atoms with van der Waals surface area (Å²) in [5, 5.41) is 11.8. The molecule has 2 N–H and O–H groups in total. The predicted octanol–water partition coefficient (Wildman–Crippen LogP) is 2.71. The van der Waals surface area contributed by atoms with Crippen LogP contribution in [0.5, 0.6) is 0 Å². The summed E-state index contributed by atoms with van der Waals surface area (Å²) in [7, 11) is 0. The van der Waals surface area contributed by atoms with Crippen LogP contribution in [-0.4, -0.2) is 47.5 Å². The molecule has 0 unspecified atom stereocenters. The summed E-state index contributed by atoms with van der Waals surface area (Å²) in [5.74, 6) is -0.839. The van der Waals surface area contributed by atoms with E-state index in [4.69, 9.17) is 5.11 Å². The molecule has 6 nitrogen and oxygen atoms in total. The van der Waals surface area contributed by atoms with Gasteiger partial charge in [-0.2, -0.15) is 0 Å². The molecule has 0 aliphatic carbocycles. The second-order valence-electron chi connectivity index (χ2n) is 6.40. The van der Waals surface area contributed by atoms with Crippen molar-refractivity contribution in [3.05, 3.63) is 53.6 Å². The van der Waals surface area contributed by atoms with Gasteiger partial charge < -0.3 is 15.3 Å². The summed E-state index contributed by atoms with van der Waals surface area (Å²) >= 11 is 1.73. The van der Waals surface area contributed by atoms with Crippen LogP contribution in [0.25, 0.3) is 0 Å². The van der Waals surface area contributed by atoms with Gasteiger partial charge in [0.2, 0.25) is 5.91 Å². The molecular formula is C19H19N3O3S. The van der Waals surface area contributed by atoms with Crippen molar-refractivity contribution in [2.24, 2.45) is 0 Å². The standard InChI is InChI=1S/C19H19N3O3S/c23-18-12-14-11-16(5-6-17(14)20-18)26-22-9-7-21(8-10-22)15-3-1-13(2-4-15)19(24)25/h1-6,11H,7-10,12H2,(H,20,23)(H,24,25). The van der Waals surface area contributed by atoms with Crippen LogP contribution < -0.4 is 10.2 Å². The van der Waals surface area contributed by atoms with Gasteiger partial charge in [0.05, 0.1) is 12.0 Å². The van der Waals surface area contributed by atoms with Gasteiger partial charge in [-0.05, 0) is 60.0 Å². The van der Waals surface area contributed by atoms with Crippen molar-refractivity contribution in [3.8, 4) is 0 Å². The second kappa shape index (κ2) is 7.01. The third-order valence-electron chi connectivity index (χ3n) is 4.65. The number of aromatic carboxylic acids is 1. The lowest BCUT2D eigenvalue weighted by atomic mass is 10.2. The molecule has 7 heteroatoms. The molecule has 134 valence electrons. The van der Waals surface area contributed by atoms with Gasteiger partial charge >= 0.3 is 5.97 Å². The molecule has 0 bridgehead atoms. The SMILES string of the molecule is O=C1Cc2cc(SN3CCN(c4ccc(C(=O)O)cc4)CC3)ccc2N1. The number of amides is 1. The number of carbonyl (C=O) groups excluding carboxylic acids is 1. The van der Waals surface area contributed by atoms with Crippen LogP contribution in [0.4, 0.5) is 11.4 Å². The van der Waals surface area contributed by atoms with Crippen molar-refractivity contribution in [3.63, 3.8) is 0 Å². The van der Waals surface area contributed by atoms with Crippen LogP contribution in [0.2, 0.25) is 0 Å². The first-order chi connectivity index (χ1) is 12.6. The van der Waals surface area contributed by atoms with Gasteiger partial charge in [-0.3, -0.25) is 4.79 Å². The molecule has 1 saturated heterocycles. The first kappa shape index (κ1) is 16.9. The Morgan fingerprint density at radius 1 is 1.04 bits per heavy atom. The van der Waals surface area contributed by atoms with Gasteiger partial charge in [-0.25, -0.2) is 9.10 Å². The number of rotatable bonds is 4. The fourth-order valence-corrected chi connectivity index (χ4v) is 4.23. The maximum absolute atomic E-state index is 11.5. The Hall–Kier alpha value is -2.51. The molecule has 0 saturated carbocycles. The molecular weight excluding hydrogens is 350 g/mol. The minimum atomic E-state index is -0.899. The van der Waals surface area contributed by atoms with Crippen LogP contribution >= 0.6 is 11.9 Å². The normalized spacial score (nSPS) is 17.1. The molecule has 1 amide bonds. The third-order valence-corrected chi connectivity index (χ3v) is 5.74. The molecule has 2 aliphatic rings. The predicted molar refractivity (Wildman–Crippen MR) is 102 cm³/mol. The largest absolute Gasteiger partial charge is 0.478 e. The van der Waals surface area contributed by atoms with Crippen molar-refractivity contribution < 1.29 is 14.7 Å². The average molecular weight is 369 g/mol. The lowest BCUT2D eigenvalue weighted by molar-refractivity contribution is -0.115. The zero-order valence-corrected chi connectivity index (χ0v) is 15.0. The summed E-state index contributed by atoms with van der Waals surface area (Å²) in [6.07, 6.45) is 0.462. The molecule has 0 aromatic heterocycles. The number of anilines is 2. The number of nitrogens with zero attached hydrogens (tertiary/aromatic N) is 2. The molecule has 2 aliphatic heterocycles. The fraction of sp³-hybridized carbons (Fsp3) is 0.263. The zero-order valence-electron chi connectivity index (χ0n) is 14.1. The number of carbonyl (C=O) groups is 2. The number of benzene rings is 2. The molecule has 26 heavy (non-hydrogen) atoms. The second-order valence-corrected chi connectivity index (χ2v) is 7.57. The van der Waals surface area contributed by atoms with E-state index in [2.05, 4.69) is 20.6 Å². The van der Waals surface area contributed by atoms with Gasteiger partial charge in [0, 0.05) is 42.4 Å². The highest BCUT2D eigenvalue weighted by atomic mass is 32.2. The van der Waals surface area contributed by atoms with E-state index in [1.165, 1.54) is 0 Å². The van der Waals surface area contributed by atoms with Crippen LogP contribution in [0.15, 0.2) is 47.4 Å². The fourth-order valence-electron chi connectivity index (χ4n) is 3.26. The molecule has 1 fully saturated rings. The number of nitrogens with one attached hydrogen (secondary N) is 1. The first-order valence-electron chi connectivity index (χ1n) is 8.52. The summed E-state index contributed by atoms with van der Waals surface area (Å²) < 4.78 is 2.33. The minimum absolute atomic E-state index is 0.0599. The van der Waals surface area contributed by atoms with Crippen molar-refractivity contribution in [1.29, 1.82) is 0 Å². The number of fused-ring (bicyclic) bond motifs is 1. The number of hydrogen-bond acceptors (Lipinski definition) is 5. The molecule has 0 atom stereocenters. The van der Waals surface area contributed by atoms with Crippen molar-refractivity contribution >= 4 is 35.2 Å². The highest BCUT2D eigenvalue weighted by Gasteiger charge is 2.21. The van der Waals surface area contributed by atoms with Crippen LogP contribution in [0.3, 0.4) is 0 Å². The maximum Gasteiger partial charge on any atom is 0.335 e. The number of carboxylic acids is 1. The first-order valence-corrected chi connectivity index (χ1v) is 9.30. The minimum Gasteiger partial charge on any atom is -0.478 e. The molecule has 0 radical (unpaired) electrons. The molecule has 2 aromatic rings. The van der Waals surface area contributed by atoms with Crippen molar-refractivity contribution in [1.82, 2.24) is 4.31 Å². The average Bonchev–Trinajstić information content (AvgIpc) is 3.02. The van der Waals surface area contributed by atoms with E-state index in [-0.39, 0.29) is 5.91 Å². The smallest absolute Gasteiger partial charge is 0.335 e. The van der Waals surface area contributed by atoms with Crippen LogP contribution in [-0.2, 0) is 11.2 Å². The Morgan fingerprint density at radius 2 is 1.77 bits per heavy atom. The Kier molecular flexibility index (Phi) is 4.57. The highest BCUT2D eigenvalue weighted by molar-refractivity contribution is 7.97. The molecule has 2 heterocycles. The van der Waals surface area contributed by atoms with Gasteiger partial charge in [-0.1, -0.05) is 0 Å². The zero-order chi connectivity index (χ0) is 18.1. The molecule has 4 rings (SSSR count). The van der Waals surface area contributed by atoms with E-state index in [1.54, 1.807) is 24.1 Å². The van der Waals surface area contributed by atoms with Crippen molar-refractivity contribution in [2.45, 2.75) is 11.3 Å². The Labute approximate surface area is 155 Å². The van der Waals surface area contributed by atoms with E-state index in [0.717, 1.165) is 48.0 Å². The molecule has 0 spiro atoms. The van der Waals surface area contributed by atoms with Gasteiger partial charge in [0.1, 0.15) is 0 Å². The summed E-state index contributed by atoms with van der Waals surface area (Å²) in [4.78, 5) is 25.8. The van der Waals surface area contributed by atoms with E-state index >= 15 is 0 Å². The quantitative estimate of drug-likeness (QED) is 0.808. The number of piperazine rings is 1. The highest BCUT2D eigenvalue weighted by Crippen LogP contribution is 2.31.